The summed E-state index contributed by atoms with van der Waals surface area (Å²) in [4.78, 5) is 36.8. The minimum atomic E-state index is -0.693. The van der Waals surface area contributed by atoms with E-state index >= 15 is 0 Å². The highest BCUT2D eigenvalue weighted by molar-refractivity contribution is 5.96. The molecule has 0 aliphatic carbocycles. The second-order valence-corrected chi connectivity index (χ2v) is 6.86. The predicted molar refractivity (Wildman–Crippen MR) is 101 cm³/mol. The molecule has 1 aliphatic rings. The van der Waals surface area contributed by atoms with E-state index in [0.717, 1.165) is 31.8 Å². The molecule has 0 spiro atoms. The van der Waals surface area contributed by atoms with Gasteiger partial charge in [-0.3, -0.25) is 25.0 Å². The Morgan fingerprint density at radius 1 is 1.04 bits per heavy atom. The van der Waals surface area contributed by atoms with Crippen LogP contribution in [0, 0.1) is 27.2 Å². The Balaban J connectivity index is 1.73. The number of hydrogen-bond donors (Lipinski definition) is 1. The van der Waals surface area contributed by atoms with Crippen molar-refractivity contribution in [1.82, 2.24) is 4.90 Å². The molecule has 0 unspecified atom stereocenters. The van der Waals surface area contributed by atoms with E-state index in [-0.39, 0.29) is 11.1 Å². The summed E-state index contributed by atoms with van der Waals surface area (Å²) in [5, 5.41) is 22.4. The molecule has 1 saturated heterocycles. The number of rotatable bonds is 5. The Hall–Kier alpha value is -3.33. The van der Waals surface area contributed by atoms with Crippen molar-refractivity contribution in [3.05, 3.63) is 79.4 Å². The molecule has 0 atom stereocenters. The molecule has 1 amide bonds. The third-order valence-corrected chi connectivity index (χ3v) is 5.05. The van der Waals surface area contributed by atoms with Crippen molar-refractivity contribution in [2.24, 2.45) is 0 Å². The Bertz CT molecular complexity index is 873. The van der Waals surface area contributed by atoms with Gasteiger partial charge in [0.15, 0.2) is 0 Å². The van der Waals surface area contributed by atoms with Gasteiger partial charge in [-0.15, -0.1) is 0 Å². The van der Waals surface area contributed by atoms with Crippen LogP contribution in [0.4, 0.5) is 11.4 Å². The molecule has 0 saturated carbocycles. The van der Waals surface area contributed by atoms with Crippen LogP contribution in [-0.4, -0.2) is 46.8 Å². The first kappa shape index (κ1) is 19.4. The molecule has 0 bridgehead atoms. The van der Waals surface area contributed by atoms with Crippen LogP contribution in [0.2, 0.25) is 0 Å². The van der Waals surface area contributed by atoms with Gasteiger partial charge in [0.1, 0.15) is 12.1 Å². The molecule has 0 aromatic heterocycles. The molecule has 0 radical (unpaired) electrons. The molecule has 1 N–H and O–H groups in total. The van der Waals surface area contributed by atoms with E-state index in [9.17, 15) is 25.0 Å². The fraction of sp³-hybridized carbons (Fsp3) is 0.316. The van der Waals surface area contributed by atoms with E-state index < -0.39 is 27.1 Å². The van der Waals surface area contributed by atoms with E-state index in [0.29, 0.717) is 13.1 Å². The second-order valence-electron chi connectivity index (χ2n) is 6.86. The molecular weight excluding hydrogens is 364 g/mol. The number of carbonyl (C=O) groups is 1. The van der Waals surface area contributed by atoms with Crippen LogP contribution in [0.3, 0.4) is 0 Å². The quantitative estimate of drug-likeness (QED) is 0.617. The molecular formula is C19H21N4O5+. The number of quaternary nitrogens is 1. The molecule has 146 valence electrons. The van der Waals surface area contributed by atoms with Gasteiger partial charge in [-0.2, -0.15) is 0 Å². The van der Waals surface area contributed by atoms with Gasteiger partial charge < -0.3 is 9.80 Å². The molecule has 3 rings (SSSR count). The van der Waals surface area contributed by atoms with E-state index in [1.165, 1.54) is 17.4 Å². The lowest BCUT2D eigenvalue weighted by Gasteiger charge is -2.32. The van der Waals surface area contributed by atoms with Crippen molar-refractivity contribution in [1.29, 1.82) is 0 Å². The fourth-order valence-electron chi connectivity index (χ4n) is 3.46. The molecule has 9 heteroatoms. The molecule has 1 fully saturated rings. The maximum atomic E-state index is 12.8. The zero-order valence-electron chi connectivity index (χ0n) is 15.5. The van der Waals surface area contributed by atoms with Crippen LogP contribution in [-0.2, 0) is 6.54 Å². The Morgan fingerprint density at radius 2 is 1.57 bits per heavy atom. The Morgan fingerprint density at radius 3 is 2.07 bits per heavy atom. The molecule has 2 aromatic carbocycles. The van der Waals surface area contributed by atoms with Gasteiger partial charge in [0.05, 0.1) is 41.6 Å². The molecule has 2 aromatic rings. The maximum Gasteiger partial charge on any atom is 0.279 e. The summed E-state index contributed by atoms with van der Waals surface area (Å²) in [7, 11) is 0. The van der Waals surface area contributed by atoms with Crippen molar-refractivity contribution in [3.63, 3.8) is 0 Å². The van der Waals surface area contributed by atoms with Crippen LogP contribution < -0.4 is 4.90 Å². The summed E-state index contributed by atoms with van der Waals surface area (Å²) in [6.07, 6.45) is 0. The number of amides is 1. The lowest BCUT2D eigenvalue weighted by atomic mass is 10.1. The third kappa shape index (κ3) is 4.15. The minimum Gasteiger partial charge on any atom is -0.328 e. The topological polar surface area (TPSA) is 111 Å². The van der Waals surface area contributed by atoms with Crippen LogP contribution in [0.25, 0.3) is 0 Å². The van der Waals surface area contributed by atoms with Gasteiger partial charge in [-0.1, -0.05) is 30.3 Å². The lowest BCUT2D eigenvalue weighted by Crippen LogP contribution is -3.13. The first-order chi connectivity index (χ1) is 13.4. The third-order valence-electron chi connectivity index (χ3n) is 5.05. The van der Waals surface area contributed by atoms with Gasteiger partial charge in [-0.25, -0.2) is 0 Å². The molecule has 1 heterocycles. The van der Waals surface area contributed by atoms with Gasteiger partial charge in [-0.05, 0) is 6.92 Å². The summed E-state index contributed by atoms with van der Waals surface area (Å²) >= 11 is 0. The smallest absolute Gasteiger partial charge is 0.279 e. The minimum absolute atomic E-state index is 0.0180. The average molecular weight is 385 g/mol. The first-order valence-electron chi connectivity index (χ1n) is 8.97. The number of nitro benzene ring substituents is 2. The van der Waals surface area contributed by atoms with Gasteiger partial charge >= 0.3 is 0 Å². The van der Waals surface area contributed by atoms with E-state index in [4.69, 9.17) is 0 Å². The summed E-state index contributed by atoms with van der Waals surface area (Å²) in [6, 6.07) is 12.3. The van der Waals surface area contributed by atoms with E-state index in [2.05, 4.69) is 12.1 Å². The number of carbonyl (C=O) groups excluding carboxylic acids is 1. The standard InChI is InChI=1S/C19H20N4O5/c1-14-17(22(25)26)11-16(12-18(14)23(27)28)19(24)21-9-7-20(8-10-21)13-15-5-3-2-4-6-15/h2-6,11-12H,7-10,13H2,1H3/p+1. The van der Waals surface area contributed by atoms with Crippen molar-refractivity contribution in [2.75, 3.05) is 26.2 Å². The number of nitrogens with zero attached hydrogens (tertiary/aromatic N) is 3. The first-order valence-corrected chi connectivity index (χ1v) is 8.97. The molecule has 9 nitrogen and oxygen atoms in total. The van der Waals surface area contributed by atoms with Gasteiger partial charge in [0.2, 0.25) is 0 Å². The normalized spacial score (nSPS) is 14.7. The summed E-state index contributed by atoms with van der Waals surface area (Å²) in [6.45, 7) is 4.67. The zero-order valence-corrected chi connectivity index (χ0v) is 15.5. The second kappa shape index (κ2) is 8.13. The fourth-order valence-corrected chi connectivity index (χ4v) is 3.46. The van der Waals surface area contributed by atoms with Crippen LogP contribution in [0.5, 0.6) is 0 Å². The Labute approximate surface area is 161 Å². The highest BCUT2D eigenvalue weighted by Gasteiger charge is 2.29. The van der Waals surface area contributed by atoms with E-state index in [1.54, 1.807) is 4.90 Å². The van der Waals surface area contributed by atoms with Crippen molar-refractivity contribution in [2.45, 2.75) is 13.5 Å². The largest absolute Gasteiger partial charge is 0.328 e. The van der Waals surface area contributed by atoms with Gasteiger partial charge in [0.25, 0.3) is 17.3 Å². The maximum absolute atomic E-state index is 12.8. The predicted octanol–water partition coefficient (Wildman–Crippen LogP) is 1.35. The van der Waals surface area contributed by atoms with Crippen molar-refractivity contribution in [3.8, 4) is 0 Å². The number of piperazine rings is 1. The SMILES string of the molecule is Cc1c([N+](=O)[O-])cc(C(=O)N2CC[NH+](Cc3ccccc3)CC2)cc1[N+](=O)[O-]. The highest BCUT2D eigenvalue weighted by atomic mass is 16.6. The highest BCUT2D eigenvalue weighted by Crippen LogP contribution is 2.29. The molecule has 1 aliphatic heterocycles. The van der Waals surface area contributed by atoms with Crippen LogP contribution in [0.1, 0.15) is 21.5 Å². The van der Waals surface area contributed by atoms with Crippen molar-refractivity contribution < 1.29 is 19.5 Å². The average Bonchev–Trinajstić information content (AvgIpc) is 2.68. The number of benzene rings is 2. The van der Waals surface area contributed by atoms with E-state index in [1.807, 2.05) is 18.2 Å². The zero-order chi connectivity index (χ0) is 20.3. The lowest BCUT2D eigenvalue weighted by molar-refractivity contribution is -0.917. The summed E-state index contributed by atoms with van der Waals surface area (Å²) in [5.41, 5.74) is 0.332. The number of nitrogens with one attached hydrogen (secondary N) is 1. The van der Waals surface area contributed by atoms with Crippen LogP contribution >= 0.6 is 0 Å². The van der Waals surface area contributed by atoms with Crippen LogP contribution in [0.15, 0.2) is 42.5 Å². The molecule has 28 heavy (non-hydrogen) atoms. The summed E-state index contributed by atoms with van der Waals surface area (Å²) < 4.78 is 0. The number of hydrogen-bond acceptors (Lipinski definition) is 5. The van der Waals surface area contributed by atoms with Crippen molar-refractivity contribution >= 4 is 17.3 Å². The monoisotopic (exact) mass is 385 g/mol. The number of nitro groups is 2. The Kier molecular flexibility index (Phi) is 5.65. The van der Waals surface area contributed by atoms with Gasteiger partial charge in [0, 0.05) is 17.7 Å². The summed E-state index contributed by atoms with van der Waals surface area (Å²) in [5.74, 6) is -0.412.